The van der Waals surface area contributed by atoms with Gasteiger partial charge in [0, 0.05) is 19.6 Å². The number of hydrogen-bond acceptors (Lipinski definition) is 5. The second-order valence-corrected chi connectivity index (χ2v) is 8.16. The number of nitrogens with two attached hydrogens (primary N) is 1. The minimum Gasteiger partial charge on any atom is -0.492 e. The lowest BCUT2D eigenvalue weighted by molar-refractivity contribution is -0.137. The van der Waals surface area contributed by atoms with Crippen molar-refractivity contribution in [2.75, 3.05) is 37.7 Å². The lowest BCUT2D eigenvalue weighted by atomic mass is 10.00. The van der Waals surface area contributed by atoms with Gasteiger partial charge in [-0.2, -0.15) is 0 Å². The van der Waals surface area contributed by atoms with E-state index in [1.54, 1.807) is 17.0 Å². The number of carbonyl (C=O) groups excluding carboxylic acids is 2. The van der Waals surface area contributed by atoms with E-state index < -0.39 is 5.97 Å². The molecule has 8 nitrogen and oxygen atoms in total. The number of carboxylic acid groups (broad SMARTS) is 1. The van der Waals surface area contributed by atoms with Crippen molar-refractivity contribution < 1.29 is 24.2 Å². The Morgan fingerprint density at radius 1 is 1.12 bits per heavy atom. The van der Waals surface area contributed by atoms with Gasteiger partial charge in [0.15, 0.2) is 0 Å². The van der Waals surface area contributed by atoms with Gasteiger partial charge in [-0.25, -0.2) is 0 Å². The largest absolute Gasteiger partial charge is 0.492 e. The molecule has 0 saturated carbocycles. The molecule has 3 rings (SSSR count). The summed E-state index contributed by atoms with van der Waals surface area (Å²) in [6.07, 6.45) is -0.220. The van der Waals surface area contributed by atoms with Gasteiger partial charge in [0.2, 0.25) is 5.91 Å². The van der Waals surface area contributed by atoms with E-state index in [2.05, 4.69) is 0 Å². The lowest BCUT2D eigenvalue weighted by Crippen LogP contribution is -2.41. The number of nitrogens with zero attached hydrogens (tertiary/aromatic N) is 2. The first kappa shape index (κ1) is 23.3. The lowest BCUT2D eigenvalue weighted by Gasteiger charge is -2.24. The predicted octanol–water partition coefficient (Wildman–Crippen LogP) is 2.61. The molecule has 0 aromatic heterocycles. The monoisotopic (exact) mass is 439 g/mol. The maximum atomic E-state index is 13.3. The normalized spacial score (nSPS) is 13.9. The summed E-state index contributed by atoms with van der Waals surface area (Å²) in [5, 5.41) is 9.05. The molecule has 3 N–H and O–H groups in total. The van der Waals surface area contributed by atoms with Crippen LogP contribution in [-0.4, -0.2) is 60.6 Å². The molecule has 2 aromatic rings. The van der Waals surface area contributed by atoms with Crippen molar-refractivity contribution >= 4 is 23.5 Å². The number of amides is 2. The number of carbonyl (C=O) groups is 3. The van der Waals surface area contributed by atoms with Crippen LogP contribution in [0.3, 0.4) is 0 Å². The Bertz CT molecular complexity index is 988. The molecule has 2 amide bonds. The van der Waals surface area contributed by atoms with Crippen LogP contribution < -0.4 is 15.4 Å². The zero-order chi connectivity index (χ0) is 23.3. The molecular weight excluding hydrogens is 410 g/mol. The van der Waals surface area contributed by atoms with E-state index in [-0.39, 0.29) is 37.2 Å². The molecular formula is C24H29N3O5. The first-order valence-electron chi connectivity index (χ1n) is 10.7. The Labute approximate surface area is 187 Å². The molecule has 0 aliphatic carbocycles. The van der Waals surface area contributed by atoms with Gasteiger partial charge in [-0.15, -0.1) is 0 Å². The van der Waals surface area contributed by atoms with Crippen molar-refractivity contribution in [3.63, 3.8) is 0 Å². The van der Waals surface area contributed by atoms with Crippen LogP contribution in [0.25, 0.3) is 11.1 Å². The first-order chi connectivity index (χ1) is 15.3. The van der Waals surface area contributed by atoms with Crippen molar-refractivity contribution in [2.24, 2.45) is 11.7 Å². The molecule has 0 bridgehead atoms. The molecule has 170 valence electrons. The maximum absolute atomic E-state index is 13.3. The van der Waals surface area contributed by atoms with Crippen LogP contribution in [0.15, 0.2) is 42.5 Å². The van der Waals surface area contributed by atoms with Crippen LogP contribution in [0.5, 0.6) is 5.75 Å². The van der Waals surface area contributed by atoms with Crippen molar-refractivity contribution in [2.45, 2.75) is 20.3 Å². The summed E-state index contributed by atoms with van der Waals surface area (Å²) in [5.41, 5.74) is 8.12. The second-order valence-electron chi connectivity index (χ2n) is 8.16. The Balaban J connectivity index is 1.99. The van der Waals surface area contributed by atoms with Crippen LogP contribution >= 0.6 is 0 Å². The molecule has 2 aromatic carbocycles. The Morgan fingerprint density at radius 3 is 2.44 bits per heavy atom. The third-order valence-electron chi connectivity index (χ3n) is 5.15. The summed E-state index contributed by atoms with van der Waals surface area (Å²) in [6, 6.07) is 12.9. The molecule has 0 saturated heterocycles. The fraction of sp³-hybridized carbons (Fsp3) is 0.375. The van der Waals surface area contributed by atoms with Crippen molar-refractivity contribution in [3.05, 3.63) is 48.0 Å². The topological polar surface area (TPSA) is 113 Å². The Morgan fingerprint density at radius 2 is 1.81 bits per heavy atom. The summed E-state index contributed by atoms with van der Waals surface area (Å²) in [4.78, 5) is 40.3. The number of hydrogen-bond donors (Lipinski definition) is 2. The van der Waals surface area contributed by atoms with Crippen LogP contribution in [0.4, 0.5) is 5.69 Å². The van der Waals surface area contributed by atoms with Gasteiger partial charge >= 0.3 is 5.97 Å². The van der Waals surface area contributed by atoms with E-state index in [4.69, 9.17) is 15.6 Å². The van der Waals surface area contributed by atoms with Crippen molar-refractivity contribution in [3.8, 4) is 16.9 Å². The van der Waals surface area contributed by atoms with Gasteiger partial charge in [0.1, 0.15) is 18.9 Å². The molecule has 0 fully saturated rings. The smallest absolute Gasteiger partial charge is 0.305 e. The van der Waals surface area contributed by atoms with E-state index >= 15 is 0 Å². The average Bonchev–Trinajstić information content (AvgIpc) is 2.86. The summed E-state index contributed by atoms with van der Waals surface area (Å²) in [5.74, 6) is -0.665. The highest BCUT2D eigenvalue weighted by Gasteiger charge is 2.32. The van der Waals surface area contributed by atoms with Gasteiger partial charge in [-0.05, 0) is 41.3 Å². The van der Waals surface area contributed by atoms with Crippen molar-refractivity contribution in [1.82, 2.24) is 4.90 Å². The highest BCUT2D eigenvalue weighted by molar-refractivity contribution is 6.10. The molecule has 0 atom stereocenters. The molecule has 1 aliphatic rings. The number of ether oxygens (including phenoxy) is 1. The number of anilines is 1. The van der Waals surface area contributed by atoms with Crippen LogP contribution in [0.1, 0.15) is 30.6 Å². The molecule has 0 unspecified atom stereocenters. The van der Waals surface area contributed by atoms with Crippen LogP contribution in [0.2, 0.25) is 0 Å². The number of rotatable bonds is 9. The standard InChI is InChI=1S/C24H29N3O5/c1-16(2)14-27-21-8-5-18(17-3-6-19(7-4-17)32-12-10-25)13-20(21)24(31)26(15-22(27)28)11-9-23(29)30/h3-8,13,16H,9-12,14-15,25H2,1-2H3,(H,29,30). The van der Waals surface area contributed by atoms with Gasteiger partial charge in [0.25, 0.3) is 5.91 Å². The van der Waals surface area contributed by atoms with E-state index in [0.29, 0.717) is 36.7 Å². The fourth-order valence-corrected chi connectivity index (χ4v) is 3.64. The first-order valence-corrected chi connectivity index (χ1v) is 10.7. The van der Waals surface area contributed by atoms with E-state index in [1.807, 2.05) is 44.2 Å². The minimum absolute atomic E-state index is 0.0216. The van der Waals surface area contributed by atoms with E-state index in [0.717, 1.165) is 11.1 Å². The Kier molecular flexibility index (Phi) is 7.48. The Hall–Kier alpha value is -3.39. The number of fused-ring (bicyclic) bond motifs is 1. The van der Waals surface area contributed by atoms with Gasteiger partial charge in [-0.1, -0.05) is 32.0 Å². The molecule has 0 spiro atoms. The number of carboxylic acids is 1. The van der Waals surface area contributed by atoms with Gasteiger partial charge in [-0.3, -0.25) is 14.4 Å². The molecule has 1 heterocycles. The van der Waals surface area contributed by atoms with E-state index in [9.17, 15) is 14.4 Å². The average molecular weight is 440 g/mol. The summed E-state index contributed by atoms with van der Waals surface area (Å²) < 4.78 is 5.52. The van der Waals surface area contributed by atoms with E-state index in [1.165, 1.54) is 4.90 Å². The highest BCUT2D eigenvalue weighted by atomic mass is 16.5. The molecule has 1 aliphatic heterocycles. The second kappa shape index (κ2) is 10.3. The maximum Gasteiger partial charge on any atom is 0.305 e. The van der Waals surface area contributed by atoms with Crippen molar-refractivity contribution in [1.29, 1.82) is 0 Å². The zero-order valence-electron chi connectivity index (χ0n) is 18.4. The highest BCUT2D eigenvalue weighted by Crippen LogP contribution is 2.32. The molecule has 8 heteroatoms. The molecule has 0 radical (unpaired) electrons. The zero-order valence-corrected chi connectivity index (χ0v) is 18.4. The summed E-state index contributed by atoms with van der Waals surface area (Å²) in [7, 11) is 0. The minimum atomic E-state index is -1.01. The fourth-order valence-electron chi connectivity index (χ4n) is 3.64. The molecule has 32 heavy (non-hydrogen) atoms. The number of benzene rings is 2. The number of aliphatic carboxylic acids is 1. The summed E-state index contributed by atoms with van der Waals surface area (Å²) in [6.45, 7) is 5.17. The third-order valence-corrected chi connectivity index (χ3v) is 5.15. The van der Waals surface area contributed by atoms with Gasteiger partial charge < -0.3 is 25.4 Å². The SMILES string of the molecule is CC(C)CN1C(=O)CN(CCC(=O)O)C(=O)c2cc(-c3ccc(OCCN)cc3)ccc21. The van der Waals surface area contributed by atoms with Gasteiger partial charge in [0.05, 0.1) is 17.7 Å². The quantitative estimate of drug-likeness (QED) is 0.621. The van der Waals surface area contributed by atoms with Crippen LogP contribution in [0, 0.1) is 5.92 Å². The predicted molar refractivity (Wildman–Crippen MR) is 122 cm³/mol. The summed E-state index contributed by atoms with van der Waals surface area (Å²) >= 11 is 0. The van der Waals surface area contributed by atoms with Crippen LogP contribution in [-0.2, 0) is 9.59 Å². The third kappa shape index (κ3) is 5.45.